The van der Waals surface area contributed by atoms with E-state index in [1.807, 2.05) is 48.5 Å². The van der Waals surface area contributed by atoms with Gasteiger partial charge in [-0.25, -0.2) is 0 Å². The predicted octanol–water partition coefficient (Wildman–Crippen LogP) is 3.39. The molecule has 0 atom stereocenters. The zero-order valence-corrected chi connectivity index (χ0v) is 9.18. The van der Waals surface area contributed by atoms with Gasteiger partial charge in [-0.15, -0.1) is 0 Å². The van der Waals surface area contributed by atoms with E-state index in [4.69, 9.17) is 5.73 Å². The first-order valence-corrected chi connectivity index (χ1v) is 5.46. The standard InChI is InChI=1S/C15H11NO/c16-15-7-3-6-12-13(15)8-10-4-1-2-5-11(10)14(12)9-17/h1-9H,16H2. The molecule has 0 spiro atoms. The lowest BCUT2D eigenvalue weighted by molar-refractivity contribution is 0.112. The molecule has 3 aromatic rings. The highest BCUT2D eigenvalue weighted by Gasteiger charge is 2.07. The molecule has 0 aliphatic rings. The van der Waals surface area contributed by atoms with Crippen LogP contribution in [0.5, 0.6) is 0 Å². The van der Waals surface area contributed by atoms with Crippen LogP contribution >= 0.6 is 0 Å². The summed E-state index contributed by atoms with van der Waals surface area (Å²) in [6, 6.07) is 15.5. The van der Waals surface area contributed by atoms with E-state index in [1.54, 1.807) is 0 Å². The van der Waals surface area contributed by atoms with Gasteiger partial charge >= 0.3 is 0 Å². The van der Waals surface area contributed by atoms with E-state index >= 15 is 0 Å². The number of nitrogens with two attached hydrogens (primary N) is 1. The van der Waals surface area contributed by atoms with Crippen molar-refractivity contribution in [2.45, 2.75) is 0 Å². The first kappa shape index (κ1) is 9.85. The second-order valence-corrected chi connectivity index (χ2v) is 4.07. The Morgan fingerprint density at radius 3 is 2.47 bits per heavy atom. The molecule has 0 saturated heterocycles. The molecular formula is C15H11NO. The van der Waals surface area contributed by atoms with E-state index in [0.717, 1.165) is 27.8 Å². The maximum atomic E-state index is 11.3. The number of nitrogen functional groups attached to an aromatic ring is 1. The van der Waals surface area contributed by atoms with E-state index in [-0.39, 0.29) is 0 Å². The number of anilines is 1. The van der Waals surface area contributed by atoms with Crippen LogP contribution in [0.3, 0.4) is 0 Å². The van der Waals surface area contributed by atoms with Crippen LogP contribution in [-0.4, -0.2) is 6.29 Å². The number of carbonyl (C=O) groups excluding carboxylic acids is 1. The quantitative estimate of drug-likeness (QED) is 0.389. The average molecular weight is 221 g/mol. The number of aldehydes is 1. The molecular weight excluding hydrogens is 210 g/mol. The van der Waals surface area contributed by atoms with Gasteiger partial charge in [-0.3, -0.25) is 4.79 Å². The number of benzene rings is 3. The molecule has 0 unspecified atom stereocenters. The van der Waals surface area contributed by atoms with Gasteiger partial charge in [0, 0.05) is 16.6 Å². The number of fused-ring (bicyclic) bond motifs is 2. The van der Waals surface area contributed by atoms with Crippen molar-refractivity contribution in [3.05, 3.63) is 54.1 Å². The number of hydrogen-bond donors (Lipinski definition) is 1. The third-order valence-electron chi connectivity index (χ3n) is 3.10. The Morgan fingerprint density at radius 2 is 1.65 bits per heavy atom. The summed E-state index contributed by atoms with van der Waals surface area (Å²) in [5, 5.41) is 3.87. The second-order valence-electron chi connectivity index (χ2n) is 4.07. The fourth-order valence-corrected chi connectivity index (χ4v) is 2.27. The van der Waals surface area contributed by atoms with Crippen LogP contribution in [0.4, 0.5) is 5.69 Å². The third kappa shape index (κ3) is 1.38. The van der Waals surface area contributed by atoms with Crippen molar-refractivity contribution >= 4 is 33.5 Å². The smallest absolute Gasteiger partial charge is 0.151 e. The highest BCUT2D eigenvalue weighted by Crippen LogP contribution is 2.30. The molecule has 0 radical (unpaired) electrons. The molecule has 0 aromatic heterocycles. The molecule has 0 aliphatic carbocycles. The van der Waals surface area contributed by atoms with Crippen molar-refractivity contribution in [2.75, 3.05) is 5.73 Å². The van der Waals surface area contributed by atoms with Crippen LogP contribution in [-0.2, 0) is 0 Å². The summed E-state index contributed by atoms with van der Waals surface area (Å²) >= 11 is 0. The molecule has 0 amide bonds. The summed E-state index contributed by atoms with van der Waals surface area (Å²) in [5.41, 5.74) is 7.37. The molecule has 3 rings (SSSR count). The van der Waals surface area contributed by atoms with Crippen LogP contribution < -0.4 is 5.73 Å². The van der Waals surface area contributed by atoms with Gasteiger partial charge in [0.15, 0.2) is 6.29 Å². The monoisotopic (exact) mass is 221 g/mol. The lowest BCUT2D eigenvalue weighted by atomic mass is 9.97. The van der Waals surface area contributed by atoms with Gasteiger partial charge in [-0.2, -0.15) is 0 Å². The van der Waals surface area contributed by atoms with Crippen LogP contribution in [0.25, 0.3) is 21.5 Å². The Morgan fingerprint density at radius 1 is 0.882 bits per heavy atom. The van der Waals surface area contributed by atoms with E-state index < -0.39 is 0 Å². The first-order chi connectivity index (χ1) is 8.31. The van der Waals surface area contributed by atoms with Crippen molar-refractivity contribution in [3.8, 4) is 0 Å². The SMILES string of the molecule is Nc1cccc2c(C=O)c3ccccc3cc12. The molecule has 0 aliphatic heterocycles. The minimum atomic E-state index is 0.705. The van der Waals surface area contributed by atoms with Crippen LogP contribution in [0.15, 0.2) is 48.5 Å². The van der Waals surface area contributed by atoms with Crippen molar-refractivity contribution in [1.29, 1.82) is 0 Å². The molecule has 2 N–H and O–H groups in total. The third-order valence-corrected chi connectivity index (χ3v) is 3.10. The first-order valence-electron chi connectivity index (χ1n) is 5.46. The Kier molecular flexibility index (Phi) is 2.08. The van der Waals surface area contributed by atoms with Crippen molar-refractivity contribution in [3.63, 3.8) is 0 Å². The van der Waals surface area contributed by atoms with E-state index in [1.165, 1.54) is 0 Å². The highest BCUT2D eigenvalue weighted by atomic mass is 16.1. The summed E-state index contributed by atoms with van der Waals surface area (Å²) in [5.74, 6) is 0. The summed E-state index contributed by atoms with van der Waals surface area (Å²) in [6.07, 6.45) is 0.907. The Bertz CT molecular complexity index is 731. The highest BCUT2D eigenvalue weighted by molar-refractivity contribution is 6.14. The van der Waals surface area contributed by atoms with Gasteiger partial charge in [-0.1, -0.05) is 36.4 Å². The average Bonchev–Trinajstić information content (AvgIpc) is 2.37. The maximum absolute atomic E-state index is 11.3. The zero-order valence-electron chi connectivity index (χ0n) is 9.18. The van der Waals surface area contributed by atoms with E-state index in [9.17, 15) is 4.79 Å². The lowest BCUT2D eigenvalue weighted by Gasteiger charge is -2.08. The van der Waals surface area contributed by atoms with Gasteiger partial charge in [0.1, 0.15) is 0 Å². The van der Waals surface area contributed by atoms with E-state index in [2.05, 4.69) is 0 Å². The number of carbonyl (C=O) groups is 1. The molecule has 82 valence electrons. The van der Waals surface area contributed by atoms with Crippen LogP contribution in [0, 0.1) is 0 Å². The zero-order chi connectivity index (χ0) is 11.8. The van der Waals surface area contributed by atoms with Gasteiger partial charge in [0.05, 0.1) is 0 Å². The molecule has 0 heterocycles. The maximum Gasteiger partial charge on any atom is 0.151 e. The summed E-state index contributed by atoms with van der Waals surface area (Å²) in [4.78, 5) is 11.3. The lowest BCUT2D eigenvalue weighted by Crippen LogP contribution is -1.91. The minimum absolute atomic E-state index is 0.705. The fraction of sp³-hybridized carbons (Fsp3) is 0. The summed E-state index contributed by atoms with van der Waals surface area (Å²) in [6.45, 7) is 0. The van der Waals surface area contributed by atoms with Gasteiger partial charge in [0.2, 0.25) is 0 Å². The predicted molar refractivity (Wildman–Crippen MR) is 71.3 cm³/mol. The Hall–Kier alpha value is -2.35. The normalized spacial score (nSPS) is 10.8. The summed E-state index contributed by atoms with van der Waals surface area (Å²) < 4.78 is 0. The number of hydrogen-bond acceptors (Lipinski definition) is 2. The van der Waals surface area contributed by atoms with Gasteiger partial charge in [-0.05, 0) is 28.3 Å². The Balaban J connectivity index is 2.63. The van der Waals surface area contributed by atoms with Gasteiger partial charge < -0.3 is 5.73 Å². The summed E-state index contributed by atoms with van der Waals surface area (Å²) in [7, 11) is 0. The second kappa shape index (κ2) is 3.59. The largest absolute Gasteiger partial charge is 0.398 e. The molecule has 0 bridgehead atoms. The molecule has 2 nitrogen and oxygen atoms in total. The van der Waals surface area contributed by atoms with Crippen molar-refractivity contribution < 1.29 is 4.79 Å². The van der Waals surface area contributed by atoms with Gasteiger partial charge in [0.25, 0.3) is 0 Å². The number of rotatable bonds is 1. The Labute approximate surface area is 98.7 Å². The van der Waals surface area contributed by atoms with Crippen LogP contribution in [0.1, 0.15) is 10.4 Å². The molecule has 3 aromatic carbocycles. The van der Waals surface area contributed by atoms with E-state index in [0.29, 0.717) is 11.3 Å². The fourth-order valence-electron chi connectivity index (χ4n) is 2.27. The minimum Gasteiger partial charge on any atom is -0.398 e. The molecule has 0 fully saturated rings. The van der Waals surface area contributed by atoms with Crippen molar-refractivity contribution in [1.82, 2.24) is 0 Å². The topological polar surface area (TPSA) is 43.1 Å². The van der Waals surface area contributed by atoms with Crippen LogP contribution in [0.2, 0.25) is 0 Å². The molecule has 2 heteroatoms. The molecule has 0 saturated carbocycles. The molecule has 17 heavy (non-hydrogen) atoms. The van der Waals surface area contributed by atoms with Crippen molar-refractivity contribution in [2.24, 2.45) is 0 Å².